The van der Waals surface area contributed by atoms with E-state index in [0.29, 0.717) is 19.3 Å². The van der Waals surface area contributed by atoms with Crippen molar-refractivity contribution < 1.29 is 9.59 Å². The molecule has 19 heavy (non-hydrogen) atoms. The Bertz CT molecular complexity index is 468. The number of hydrogen-bond acceptors (Lipinski definition) is 3. The van der Waals surface area contributed by atoms with Gasteiger partial charge in [0.25, 0.3) is 0 Å². The summed E-state index contributed by atoms with van der Waals surface area (Å²) < 4.78 is 0. The summed E-state index contributed by atoms with van der Waals surface area (Å²) in [6.45, 7) is 4.31. The van der Waals surface area contributed by atoms with E-state index in [1.165, 1.54) is 0 Å². The molecule has 102 valence electrons. The van der Waals surface area contributed by atoms with Gasteiger partial charge in [0.05, 0.1) is 6.54 Å². The molecular weight excluding hydrogens is 240 g/mol. The molecule has 1 aliphatic rings. The molecule has 4 heteroatoms. The standard InChI is InChI=1S/C15H20N2O2/c1-15(2)9-8-13(18)11-17(15)14(19)7-6-12-5-3-4-10-16-12/h3-5,10H,6-9,11H2,1-2H3. The molecule has 0 aliphatic carbocycles. The lowest BCUT2D eigenvalue weighted by atomic mass is 9.89. The number of rotatable bonds is 3. The van der Waals surface area contributed by atoms with Crippen molar-refractivity contribution in [3.05, 3.63) is 30.1 Å². The minimum atomic E-state index is -0.213. The van der Waals surface area contributed by atoms with Crippen LogP contribution in [0.5, 0.6) is 0 Å². The SMILES string of the molecule is CC1(C)CCC(=O)CN1C(=O)CCc1ccccn1. The van der Waals surface area contributed by atoms with Gasteiger partial charge in [0.2, 0.25) is 5.91 Å². The van der Waals surface area contributed by atoms with Gasteiger partial charge in [-0.1, -0.05) is 6.07 Å². The van der Waals surface area contributed by atoms with Crippen LogP contribution in [0.25, 0.3) is 0 Å². The molecule has 2 rings (SSSR count). The first-order valence-corrected chi connectivity index (χ1v) is 6.71. The topological polar surface area (TPSA) is 50.3 Å². The second-order valence-electron chi connectivity index (χ2n) is 5.65. The average Bonchev–Trinajstić information content (AvgIpc) is 2.40. The molecule has 0 radical (unpaired) electrons. The van der Waals surface area contributed by atoms with E-state index < -0.39 is 0 Å². The third kappa shape index (κ3) is 3.40. The molecule has 1 amide bonds. The van der Waals surface area contributed by atoms with Crippen LogP contribution in [0, 0.1) is 0 Å². The Labute approximate surface area is 113 Å². The van der Waals surface area contributed by atoms with E-state index in [1.807, 2.05) is 32.0 Å². The van der Waals surface area contributed by atoms with Crippen molar-refractivity contribution in [3.8, 4) is 0 Å². The van der Waals surface area contributed by atoms with E-state index in [9.17, 15) is 9.59 Å². The monoisotopic (exact) mass is 260 g/mol. The van der Waals surface area contributed by atoms with Crippen molar-refractivity contribution in [1.29, 1.82) is 0 Å². The fourth-order valence-electron chi connectivity index (χ4n) is 2.39. The van der Waals surface area contributed by atoms with Gasteiger partial charge in [0, 0.05) is 30.3 Å². The number of pyridine rings is 1. The van der Waals surface area contributed by atoms with Crippen molar-refractivity contribution in [2.45, 2.75) is 45.1 Å². The lowest BCUT2D eigenvalue weighted by molar-refractivity contribution is -0.144. The molecule has 0 unspecified atom stereocenters. The van der Waals surface area contributed by atoms with E-state index in [1.54, 1.807) is 11.1 Å². The molecule has 0 spiro atoms. The van der Waals surface area contributed by atoms with Gasteiger partial charge in [-0.15, -0.1) is 0 Å². The third-order valence-electron chi connectivity index (χ3n) is 3.70. The Kier molecular flexibility index (Phi) is 3.98. The van der Waals surface area contributed by atoms with Gasteiger partial charge in [-0.2, -0.15) is 0 Å². The van der Waals surface area contributed by atoms with Gasteiger partial charge in [-0.3, -0.25) is 14.6 Å². The van der Waals surface area contributed by atoms with E-state index in [2.05, 4.69) is 4.98 Å². The van der Waals surface area contributed by atoms with E-state index >= 15 is 0 Å². The number of aryl methyl sites for hydroxylation is 1. The number of ketones is 1. The van der Waals surface area contributed by atoms with Gasteiger partial charge in [-0.25, -0.2) is 0 Å². The largest absolute Gasteiger partial charge is 0.330 e. The summed E-state index contributed by atoms with van der Waals surface area (Å²) in [5.41, 5.74) is 0.701. The average molecular weight is 260 g/mol. The van der Waals surface area contributed by atoms with Crippen LogP contribution in [-0.4, -0.2) is 33.7 Å². The fourth-order valence-corrected chi connectivity index (χ4v) is 2.39. The molecule has 0 saturated carbocycles. The first kappa shape index (κ1) is 13.7. The maximum absolute atomic E-state index is 12.3. The van der Waals surface area contributed by atoms with Crippen LogP contribution in [-0.2, 0) is 16.0 Å². The molecule has 0 N–H and O–H groups in total. The van der Waals surface area contributed by atoms with E-state index in [-0.39, 0.29) is 23.8 Å². The van der Waals surface area contributed by atoms with Gasteiger partial charge in [-0.05, 0) is 38.8 Å². The number of carbonyl (C=O) groups is 2. The zero-order valence-electron chi connectivity index (χ0n) is 11.6. The quantitative estimate of drug-likeness (QED) is 0.835. The molecule has 1 saturated heterocycles. The molecule has 1 aromatic rings. The number of carbonyl (C=O) groups excluding carboxylic acids is 2. The van der Waals surface area contributed by atoms with E-state index in [0.717, 1.165) is 12.1 Å². The summed E-state index contributed by atoms with van der Waals surface area (Å²) >= 11 is 0. The molecule has 1 fully saturated rings. The predicted octanol–water partition coefficient (Wildman–Crippen LogP) is 1.98. The maximum atomic E-state index is 12.3. The number of likely N-dealkylation sites (tertiary alicyclic amines) is 1. The Morgan fingerprint density at radius 1 is 1.42 bits per heavy atom. The van der Waals surface area contributed by atoms with Crippen LogP contribution >= 0.6 is 0 Å². The van der Waals surface area contributed by atoms with Crippen LogP contribution in [0.1, 0.15) is 38.8 Å². The lowest BCUT2D eigenvalue weighted by Gasteiger charge is -2.41. The van der Waals surface area contributed by atoms with Crippen LogP contribution in [0.3, 0.4) is 0 Å². The number of amides is 1. The Hall–Kier alpha value is -1.71. The van der Waals surface area contributed by atoms with Crippen LogP contribution in [0.15, 0.2) is 24.4 Å². The second kappa shape index (κ2) is 5.51. The summed E-state index contributed by atoms with van der Waals surface area (Å²) in [6.07, 6.45) is 4.10. The zero-order chi connectivity index (χ0) is 13.9. The Balaban J connectivity index is 1.97. The van der Waals surface area contributed by atoms with Crippen molar-refractivity contribution in [2.24, 2.45) is 0 Å². The number of piperidine rings is 1. The maximum Gasteiger partial charge on any atom is 0.223 e. The minimum absolute atomic E-state index is 0.0451. The third-order valence-corrected chi connectivity index (χ3v) is 3.70. The smallest absolute Gasteiger partial charge is 0.223 e. The van der Waals surface area contributed by atoms with E-state index in [4.69, 9.17) is 0 Å². The Morgan fingerprint density at radius 3 is 2.89 bits per heavy atom. The Morgan fingerprint density at radius 2 is 2.21 bits per heavy atom. The molecule has 0 bridgehead atoms. The highest BCUT2D eigenvalue weighted by Crippen LogP contribution is 2.26. The van der Waals surface area contributed by atoms with Crippen molar-refractivity contribution in [2.75, 3.05) is 6.54 Å². The zero-order valence-corrected chi connectivity index (χ0v) is 11.6. The number of nitrogens with zero attached hydrogens (tertiary/aromatic N) is 2. The van der Waals surface area contributed by atoms with Gasteiger partial charge in [0.1, 0.15) is 0 Å². The lowest BCUT2D eigenvalue weighted by Crippen LogP contribution is -2.53. The molecule has 2 heterocycles. The summed E-state index contributed by atoms with van der Waals surface area (Å²) in [4.78, 5) is 29.7. The van der Waals surface area contributed by atoms with Crippen LogP contribution in [0.2, 0.25) is 0 Å². The summed E-state index contributed by atoms with van der Waals surface area (Å²) in [7, 11) is 0. The summed E-state index contributed by atoms with van der Waals surface area (Å²) in [5.74, 6) is 0.203. The first-order valence-electron chi connectivity index (χ1n) is 6.71. The fraction of sp³-hybridized carbons (Fsp3) is 0.533. The summed E-state index contributed by atoms with van der Waals surface area (Å²) in [6, 6.07) is 5.69. The van der Waals surface area contributed by atoms with Gasteiger partial charge in [0.15, 0.2) is 5.78 Å². The van der Waals surface area contributed by atoms with Crippen LogP contribution in [0.4, 0.5) is 0 Å². The molecule has 1 aliphatic heterocycles. The van der Waals surface area contributed by atoms with Gasteiger partial charge >= 0.3 is 0 Å². The van der Waals surface area contributed by atoms with Crippen LogP contribution < -0.4 is 0 Å². The highest BCUT2D eigenvalue weighted by atomic mass is 16.2. The predicted molar refractivity (Wildman–Crippen MR) is 72.6 cm³/mol. The molecular formula is C15H20N2O2. The molecule has 1 aromatic heterocycles. The van der Waals surface area contributed by atoms with Crippen molar-refractivity contribution in [1.82, 2.24) is 9.88 Å². The molecule has 0 aromatic carbocycles. The number of aromatic nitrogens is 1. The summed E-state index contributed by atoms with van der Waals surface area (Å²) in [5, 5.41) is 0. The van der Waals surface area contributed by atoms with Crippen molar-refractivity contribution >= 4 is 11.7 Å². The van der Waals surface area contributed by atoms with Gasteiger partial charge < -0.3 is 4.90 Å². The first-order chi connectivity index (χ1) is 8.99. The minimum Gasteiger partial charge on any atom is -0.330 e. The second-order valence-corrected chi connectivity index (χ2v) is 5.65. The highest BCUT2D eigenvalue weighted by Gasteiger charge is 2.35. The molecule has 0 atom stereocenters. The number of hydrogen-bond donors (Lipinski definition) is 0. The highest BCUT2D eigenvalue weighted by molar-refractivity contribution is 5.88. The molecule has 4 nitrogen and oxygen atoms in total. The van der Waals surface area contributed by atoms with Crippen molar-refractivity contribution in [3.63, 3.8) is 0 Å². The normalized spacial score (nSPS) is 18.4. The number of Topliss-reactive ketones (excluding diaryl/α,β-unsaturated/α-hetero) is 1.